The van der Waals surface area contributed by atoms with Gasteiger partial charge in [0.25, 0.3) is 0 Å². The molecule has 1 unspecified atom stereocenters. The highest BCUT2D eigenvalue weighted by atomic mass is 35.5. The Morgan fingerprint density at radius 2 is 1.94 bits per heavy atom. The number of fused-ring (bicyclic) bond motifs is 1. The topological polar surface area (TPSA) is 12.0 Å². The average Bonchev–Trinajstić information content (AvgIpc) is 2.72. The van der Waals surface area contributed by atoms with E-state index < -0.39 is 0 Å². The third-order valence-electron chi connectivity index (χ3n) is 3.08. The Bertz CT molecular complexity index is 522. The maximum absolute atomic E-state index is 6.03. The Labute approximate surface area is 100 Å². The van der Waals surface area contributed by atoms with Crippen LogP contribution in [0.2, 0.25) is 5.02 Å². The first-order valence-corrected chi connectivity index (χ1v) is 5.80. The van der Waals surface area contributed by atoms with Crippen molar-refractivity contribution in [3.8, 4) is 0 Å². The summed E-state index contributed by atoms with van der Waals surface area (Å²) in [6, 6.07) is 16.6. The van der Waals surface area contributed by atoms with Gasteiger partial charge in [-0.3, -0.25) is 0 Å². The van der Waals surface area contributed by atoms with Crippen LogP contribution in [-0.2, 0) is 0 Å². The molecule has 1 aliphatic heterocycles. The highest BCUT2D eigenvalue weighted by Crippen LogP contribution is 2.36. The van der Waals surface area contributed by atoms with Gasteiger partial charge in [-0.2, -0.15) is 0 Å². The molecule has 1 aliphatic rings. The van der Waals surface area contributed by atoms with Crippen LogP contribution in [0.25, 0.3) is 0 Å². The number of nitrogens with one attached hydrogen (secondary N) is 1. The SMILES string of the molecule is Clc1cccc(C2CNc3ccccc32)c1. The summed E-state index contributed by atoms with van der Waals surface area (Å²) in [5.41, 5.74) is 3.89. The summed E-state index contributed by atoms with van der Waals surface area (Å²) in [6.07, 6.45) is 0. The van der Waals surface area contributed by atoms with Gasteiger partial charge in [-0.25, -0.2) is 0 Å². The lowest BCUT2D eigenvalue weighted by atomic mass is 9.93. The second kappa shape index (κ2) is 3.84. The molecule has 16 heavy (non-hydrogen) atoms. The quantitative estimate of drug-likeness (QED) is 0.782. The number of para-hydroxylation sites is 1. The first-order chi connectivity index (χ1) is 7.84. The van der Waals surface area contributed by atoms with Gasteiger partial charge in [-0.1, -0.05) is 41.9 Å². The van der Waals surface area contributed by atoms with Crippen molar-refractivity contribution in [2.24, 2.45) is 0 Å². The van der Waals surface area contributed by atoms with E-state index in [9.17, 15) is 0 Å². The van der Waals surface area contributed by atoms with Gasteiger partial charge >= 0.3 is 0 Å². The van der Waals surface area contributed by atoms with Gasteiger partial charge in [0.05, 0.1) is 0 Å². The van der Waals surface area contributed by atoms with Crippen molar-refractivity contribution in [2.75, 3.05) is 11.9 Å². The number of rotatable bonds is 1. The van der Waals surface area contributed by atoms with Crippen molar-refractivity contribution in [1.29, 1.82) is 0 Å². The van der Waals surface area contributed by atoms with Crippen molar-refractivity contribution in [1.82, 2.24) is 0 Å². The summed E-state index contributed by atoms with van der Waals surface area (Å²) in [5.74, 6) is 0.426. The summed E-state index contributed by atoms with van der Waals surface area (Å²) in [4.78, 5) is 0. The molecule has 0 spiro atoms. The van der Waals surface area contributed by atoms with E-state index in [4.69, 9.17) is 11.6 Å². The van der Waals surface area contributed by atoms with Gasteiger partial charge in [0.15, 0.2) is 0 Å². The standard InChI is InChI=1S/C14H12ClN/c15-11-5-3-4-10(8-11)13-9-16-14-7-2-1-6-12(13)14/h1-8,13,16H,9H2. The predicted molar refractivity (Wildman–Crippen MR) is 68.2 cm³/mol. The lowest BCUT2D eigenvalue weighted by Crippen LogP contribution is -2.03. The van der Waals surface area contributed by atoms with E-state index in [1.54, 1.807) is 0 Å². The van der Waals surface area contributed by atoms with Crippen LogP contribution in [0.15, 0.2) is 48.5 Å². The number of hydrogen-bond acceptors (Lipinski definition) is 1. The molecule has 0 aliphatic carbocycles. The first kappa shape index (κ1) is 9.73. The van der Waals surface area contributed by atoms with E-state index in [0.717, 1.165) is 11.6 Å². The van der Waals surface area contributed by atoms with Crippen LogP contribution in [0.5, 0.6) is 0 Å². The van der Waals surface area contributed by atoms with Crippen molar-refractivity contribution in [3.05, 3.63) is 64.7 Å². The summed E-state index contributed by atoms with van der Waals surface area (Å²) < 4.78 is 0. The fourth-order valence-electron chi connectivity index (χ4n) is 2.30. The van der Waals surface area contributed by atoms with Gasteiger partial charge in [0.2, 0.25) is 0 Å². The van der Waals surface area contributed by atoms with Gasteiger partial charge in [0.1, 0.15) is 0 Å². The van der Waals surface area contributed by atoms with Crippen LogP contribution < -0.4 is 5.32 Å². The third-order valence-corrected chi connectivity index (χ3v) is 3.32. The molecule has 80 valence electrons. The Balaban J connectivity index is 2.05. The Morgan fingerprint density at radius 1 is 1.06 bits per heavy atom. The molecule has 2 aromatic carbocycles. The van der Waals surface area contributed by atoms with Crippen molar-refractivity contribution < 1.29 is 0 Å². The van der Waals surface area contributed by atoms with E-state index in [1.807, 2.05) is 12.1 Å². The van der Waals surface area contributed by atoms with Crippen molar-refractivity contribution in [2.45, 2.75) is 5.92 Å². The van der Waals surface area contributed by atoms with Crippen LogP contribution >= 0.6 is 11.6 Å². The highest BCUT2D eigenvalue weighted by Gasteiger charge is 2.22. The Kier molecular flexibility index (Phi) is 2.33. The monoisotopic (exact) mass is 229 g/mol. The zero-order chi connectivity index (χ0) is 11.0. The fourth-order valence-corrected chi connectivity index (χ4v) is 2.50. The van der Waals surface area contributed by atoms with Crippen LogP contribution in [-0.4, -0.2) is 6.54 Å². The predicted octanol–water partition coefficient (Wildman–Crippen LogP) is 3.90. The minimum atomic E-state index is 0.426. The van der Waals surface area contributed by atoms with Gasteiger partial charge < -0.3 is 5.32 Å². The van der Waals surface area contributed by atoms with E-state index in [2.05, 4.69) is 41.7 Å². The maximum atomic E-state index is 6.03. The summed E-state index contributed by atoms with van der Waals surface area (Å²) >= 11 is 6.03. The molecule has 0 bridgehead atoms. The minimum absolute atomic E-state index is 0.426. The molecule has 0 amide bonds. The van der Waals surface area contributed by atoms with Crippen LogP contribution in [0.1, 0.15) is 17.0 Å². The molecular weight excluding hydrogens is 218 g/mol. The Hall–Kier alpha value is -1.47. The molecule has 0 radical (unpaired) electrons. The van der Waals surface area contributed by atoms with Gasteiger partial charge in [-0.05, 0) is 29.3 Å². The summed E-state index contributed by atoms with van der Waals surface area (Å²) in [7, 11) is 0. The lowest BCUT2D eigenvalue weighted by molar-refractivity contribution is 0.907. The molecule has 2 heteroatoms. The largest absolute Gasteiger partial charge is 0.384 e. The molecule has 1 heterocycles. The molecule has 0 saturated heterocycles. The number of benzene rings is 2. The minimum Gasteiger partial charge on any atom is -0.384 e. The van der Waals surface area contributed by atoms with Crippen LogP contribution in [0.4, 0.5) is 5.69 Å². The van der Waals surface area contributed by atoms with Crippen LogP contribution in [0, 0.1) is 0 Å². The molecule has 3 rings (SSSR count). The molecule has 0 fully saturated rings. The van der Waals surface area contributed by atoms with Gasteiger partial charge in [-0.15, -0.1) is 0 Å². The molecular formula is C14H12ClN. The average molecular weight is 230 g/mol. The number of anilines is 1. The third kappa shape index (κ3) is 1.57. The van der Waals surface area contributed by atoms with E-state index in [1.165, 1.54) is 16.8 Å². The zero-order valence-electron chi connectivity index (χ0n) is 8.78. The molecule has 0 saturated carbocycles. The number of hydrogen-bond donors (Lipinski definition) is 1. The van der Waals surface area contributed by atoms with Crippen molar-refractivity contribution >= 4 is 17.3 Å². The fraction of sp³-hybridized carbons (Fsp3) is 0.143. The molecule has 1 N–H and O–H groups in total. The smallest absolute Gasteiger partial charge is 0.0408 e. The second-order valence-electron chi connectivity index (χ2n) is 4.08. The van der Waals surface area contributed by atoms with Crippen molar-refractivity contribution in [3.63, 3.8) is 0 Å². The summed E-state index contributed by atoms with van der Waals surface area (Å²) in [6.45, 7) is 0.958. The second-order valence-corrected chi connectivity index (χ2v) is 4.51. The first-order valence-electron chi connectivity index (χ1n) is 5.43. The normalized spacial score (nSPS) is 17.9. The van der Waals surface area contributed by atoms with E-state index >= 15 is 0 Å². The molecule has 1 atom stereocenters. The summed E-state index contributed by atoms with van der Waals surface area (Å²) in [5, 5.41) is 4.23. The van der Waals surface area contributed by atoms with Crippen LogP contribution in [0.3, 0.4) is 0 Å². The Morgan fingerprint density at radius 3 is 2.81 bits per heavy atom. The highest BCUT2D eigenvalue weighted by molar-refractivity contribution is 6.30. The van der Waals surface area contributed by atoms with Gasteiger partial charge in [0, 0.05) is 23.2 Å². The maximum Gasteiger partial charge on any atom is 0.0408 e. The molecule has 2 aromatic rings. The van der Waals surface area contributed by atoms with E-state index in [-0.39, 0.29) is 0 Å². The van der Waals surface area contributed by atoms with E-state index in [0.29, 0.717) is 5.92 Å². The number of halogens is 1. The zero-order valence-corrected chi connectivity index (χ0v) is 9.54. The molecule has 1 nitrogen and oxygen atoms in total. The molecule has 0 aromatic heterocycles. The lowest BCUT2D eigenvalue weighted by Gasteiger charge is -2.10.